The Kier molecular flexibility index (Phi) is 6.38. The van der Waals surface area contributed by atoms with Crippen molar-refractivity contribution < 1.29 is 38.1 Å². The number of rotatable bonds is 6. The zero-order chi connectivity index (χ0) is 26.2. The number of ether oxygens (including phenoxy) is 5. The monoisotopic (exact) mass is 518 g/mol. The van der Waals surface area contributed by atoms with Crippen molar-refractivity contribution >= 4 is 18.9 Å². The minimum atomic E-state index is -0.467. The molecule has 15 atom stereocenters. The maximum atomic E-state index is 12.9. The quantitative estimate of drug-likeness (QED) is 0.299. The molecule has 8 nitrogen and oxygen atoms in total. The maximum absolute atomic E-state index is 12.9. The molecule has 0 N–H and O–H groups in total. The zero-order valence-corrected chi connectivity index (χ0v) is 22.6. The Hall–Kier alpha value is -1.67. The second-order valence-electron chi connectivity index (χ2n) is 13.8. The first kappa shape index (κ1) is 25.6. The summed E-state index contributed by atoms with van der Waals surface area (Å²) >= 11 is 0. The van der Waals surface area contributed by atoms with E-state index in [1.165, 1.54) is 0 Å². The SMILES string of the molecule is CC1CC2C3CC(C2OC1C1CC2C4CC(C(=O)OC(C)(C)C)C(C4)C2OC1C)C(OC=O)C3OC=O. The van der Waals surface area contributed by atoms with E-state index in [1.807, 2.05) is 20.8 Å². The van der Waals surface area contributed by atoms with Crippen molar-refractivity contribution in [2.45, 2.75) is 109 Å². The first-order chi connectivity index (χ1) is 17.6. The molecule has 206 valence electrons. The van der Waals surface area contributed by atoms with Crippen molar-refractivity contribution in [1.29, 1.82) is 0 Å². The average molecular weight is 519 g/mol. The minimum absolute atomic E-state index is 0.0177. The second kappa shape index (κ2) is 9.22. The molecule has 6 rings (SSSR count). The minimum Gasteiger partial charge on any atom is -0.460 e. The molecule has 4 bridgehead atoms. The van der Waals surface area contributed by atoms with Gasteiger partial charge >= 0.3 is 5.97 Å². The Morgan fingerprint density at radius 3 is 2.05 bits per heavy atom. The molecule has 2 heterocycles. The molecule has 0 spiro atoms. The van der Waals surface area contributed by atoms with Crippen LogP contribution in [0.15, 0.2) is 0 Å². The van der Waals surface area contributed by atoms with E-state index < -0.39 is 11.7 Å². The largest absolute Gasteiger partial charge is 0.460 e. The van der Waals surface area contributed by atoms with Crippen LogP contribution in [0.1, 0.15) is 66.7 Å². The number of carbonyl (C=O) groups is 3. The molecule has 4 saturated carbocycles. The Morgan fingerprint density at radius 2 is 1.38 bits per heavy atom. The summed E-state index contributed by atoms with van der Waals surface area (Å²) in [6, 6.07) is 0. The Balaban J connectivity index is 1.14. The highest BCUT2D eigenvalue weighted by atomic mass is 16.6. The molecule has 0 aromatic rings. The summed E-state index contributed by atoms with van der Waals surface area (Å²) in [6.07, 6.45) is 4.40. The number of hydrogen-bond acceptors (Lipinski definition) is 8. The maximum Gasteiger partial charge on any atom is 0.309 e. The van der Waals surface area contributed by atoms with Gasteiger partial charge in [-0.1, -0.05) is 6.92 Å². The predicted molar refractivity (Wildman–Crippen MR) is 131 cm³/mol. The molecule has 0 radical (unpaired) electrons. The van der Waals surface area contributed by atoms with Crippen molar-refractivity contribution in [3.8, 4) is 0 Å². The topological polar surface area (TPSA) is 97.4 Å². The summed E-state index contributed by atoms with van der Waals surface area (Å²) in [5, 5.41) is 0. The molecular weight excluding hydrogens is 476 g/mol. The highest BCUT2D eigenvalue weighted by molar-refractivity contribution is 5.74. The Morgan fingerprint density at radius 1 is 0.730 bits per heavy atom. The molecule has 6 fully saturated rings. The van der Waals surface area contributed by atoms with Crippen LogP contribution in [0.5, 0.6) is 0 Å². The molecular formula is C29H42O8. The van der Waals surface area contributed by atoms with Crippen molar-refractivity contribution in [2.24, 2.45) is 53.3 Å². The predicted octanol–water partition coefficient (Wildman–Crippen LogP) is 3.54. The van der Waals surface area contributed by atoms with Gasteiger partial charge in [0.05, 0.1) is 30.3 Å². The third-order valence-corrected chi connectivity index (χ3v) is 10.8. The number of hydrogen-bond donors (Lipinski definition) is 0. The zero-order valence-electron chi connectivity index (χ0n) is 22.6. The molecule has 0 aromatic heterocycles. The summed E-state index contributed by atoms with van der Waals surface area (Å²) in [6.45, 7) is 11.2. The van der Waals surface area contributed by atoms with Crippen LogP contribution >= 0.6 is 0 Å². The molecule has 15 unspecified atom stereocenters. The van der Waals surface area contributed by atoms with Gasteiger partial charge in [-0.25, -0.2) is 0 Å². The summed E-state index contributed by atoms with van der Waals surface area (Å²) < 4.78 is 30.2. The van der Waals surface area contributed by atoms with Gasteiger partial charge in [-0.2, -0.15) is 0 Å². The lowest BCUT2D eigenvalue weighted by Crippen LogP contribution is -2.57. The van der Waals surface area contributed by atoms with Crippen LogP contribution in [0.4, 0.5) is 0 Å². The fraction of sp³-hybridized carbons (Fsp3) is 0.897. The van der Waals surface area contributed by atoms with Crippen molar-refractivity contribution in [1.82, 2.24) is 0 Å². The van der Waals surface area contributed by atoms with E-state index in [-0.39, 0.29) is 60.2 Å². The second-order valence-corrected chi connectivity index (χ2v) is 13.8. The lowest BCUT2D eigenvalue weighted by Gasteiger charge is -2.52. The Labute approximate surface area is 219 Å². The van der Waals surface area contributed by atoms with E-state index in [2.05, 4.69) is 13.8 Å². The molecule has 4 aliphatic carbocycles. The first-order valence-electron chi connectivity index (χ1n) is 14.3. The van der Waals surface area contributed by atoms with E-state index in [0.717, 1.165) is 32.1 Å². The normalized spacial score (nSPS) is 51.8. The molecule has 0 aromatic carbocycles. The van der Waals surface area contributed by atoms with Crippen LogP contribution in [-0.4, -0.2) is 61.1 Å². The van der Waals surface area contributed by atoms with E-state index >= 15 is 0 Å². The number of fused-ring (bicyclic) bond motifs is 10. The third kappa shape index (κ3) is 4.12. The first-order valence-corrected chi connectivity index (χ1v) is 14.3. The van der Waals surface area contributed by atoms with E-state index in [4.69, 9.17) is 23.7 Å². The third-order valence-electron chi connectivity index (χ3n) is 10.8. The molecule has 2 aliphatic heterocycles. The van der Waals surface area contributed by atoms with Crippen LogP contribution in [0, 0.1) is 53.3 Å². The van der Waals surface area contributed by atoms with Gasteiger partial charge in [-0.05, 0) is 89.4 Å². The van der Waals surface area contributed by atoms with Gasteiger partial charge in [0.15, 0.2) is 0 Å². The van der Waals surface area contributed by atoms with Gasteiger partial charge in [0.2, 0.25) is 0 Å². The highest BCUT2D eigenvalue weighted by Crippen LogP contribution is 2.61. The van der Waals surface area contributed by atoms with Gasteiger partial charge in [0.25, 0.3) is 12.9 Å². The van der Waals surface area contributed by atoms with Crippen LogP contribution < -0.4 is 0 Å². The van der Waals surface area contributed by atoms with Gasteiger partial charge in [-0.3, -0.25) is 14.4 Å². The van der Waals surface area contributed by atoms with Crippen LogP contribution in [-0.2, 0) is 38.1 Å². The number of esters is 1. The lowest BCUT2D eigenvalue weighted by molar-refractivity contribution is -0.227. The van der Waals surface area contributed by atoms with E-state index in [9.17, 15) is 14.4 Å². The molecule has 0 amide bonds. The van der Waals surface area contributed by atoms with Crippen LogP contribution in [0.2, 0.25) is 0 Å². The fourth-order valence-corrected chi connectivity index (χ4v) is 9.61. The van der Waals surface area contributed by atoms with E-state index in [0.29, 0.717) is 42.5 Å². The van der Waals surface area contributed by atoms with Gasteiger partial charge in [-0.15, -0.1) is 0 Å². The summed E-state index contributed by atoms with van der Waals surface area (Å²) in [5.74, 6) is 2.32. The van der Waals surface area contributed by atoms with Crippen molar-refractivity contribution in [3.05, 3.63) is 0 Å². The van der Waals surface area contributed by atoms with Crippen LogP contribution in [0.3, 0.4) is 0 Å². The molecule has 37 heavy (non-hydrogen) atoms. The lowest BCUT2D eigenvalue weighted by atomic mass is 9.67. The van der Waals surface area contributed by atoms with Crippen molar-refractivity contribution in [2.75, 3.05) is 0 Å². The highest BCUT2D eigenvalue weighted by Gasteiger charge is 2.65. The smallest absolute Gasteiger partial charge is 0.309 e. The van der Waals surface area contributed by atoms with E-state index in [1.54, 1.807) is 0 Å². The summed E-state index contributed by atoms with van der Waals surface area (Å²) in [4.78, 5) is 35.2. The molecule has 2 saturated heterocycles. The van der Waals surface area contributed by atoms with Gasteiger partial charge < -0.3 is 23.7 Å². The molecule has 6 aliphatic rings. The van der Waals surface area contributed by atoms with Crippen molar-refractivity contribution in [3.63, 3.8) is 0 Å². The fourth-order valence-electron chi connectivity index (χ4n) is 9.61. The standard InChI is InChI=1S/C29H42O8/c1-13-6-18-20-10-22(27(34-12-31)26(20)33-11-30)25(18)36-23(13)16-9-17-15-7-19(24(17)35-14(16)2)21(8-15)28(32)37-29(3,4)5/h11-27H,6-10H2,1-5H3. The van der Waals surface area contributed by atoms with Gasteiger partial charge in [0, 0.05) is 17.8 Å². The summed E-state index contributed by atoms with van der Waals surface area (Å²) in [7, 11) is 0. The number of carbonyl (C=O) groups excluding carboxylic acids is 3. The average Bonchev–Trinajstić information content (AvgIpc) is 3.57. The molecule has 8 heteroatoms. The van der Waals surface area contributed by atoms with Gasteiger partial charge in [0.1, 0.15) is 17.8 Å². The van der Waals surface area contributed by atoms with Crippen LogP contribution in [0.25, 0.3) is 0 Å². The Bertz CT molecular complexity index is 914. The summed E-state index contributed by atoms with van der Waals surface area (Å²) in [5.41, 5.74) is -0.467.